The highest BCUT2D eigenvalue weighted by atomic mass is 79.9. The lowest BCUT2D eigenvalue weighted by atomic mass is 10.1. The van der Waals surface area contributed by atoms with Crippen molar-refractivity contribution in [3.05, 3.63) is 95.6 Å². The van der Waals surface area contributed by atoms with Crippen LogP contribution in [0.15, 0.2) is 78.9 Å². The Morgan fingerprint density at radius 2 is 1.40 bits per heavy atom. The van der Waals surface area contributed by atoms with Gasteiger partial charge in [0, 0.05) is 5.33 Å². The molecule has 0 radical (unpaired) electrons. The Bertz CT molecular complexity index is 742. The molecule has 130 valence electrons. The van der Waals surface area contributed by atoms with Crippen LogP contribution in [-0.2, 0) is 18.4 Å². The summed E-state index contributed by atoms with van der Waals surface area (Å²) in [6.07, 6.45) is 0.846. The van der Waals surface area contributed by atoms with Gasteiger partial charge in [-0.15, -0.1) is 0 Å². The van der Waals surface area contributed by atoms with Crippen molar-refractivity contribution >= 4 is 15.9 Å². The number of benzene rings is 3. The average Bonchev–Trinajstić information content (AvgIpc) is 2.68. The van der Waals surface area contributed by atoms with Crippen molar-refractivity contribution in [2.45, 2.75) is 25.3 Å². The highest BCUT2D eigenvalue weighted by Gasteiger charge is 2.07. The number of phenolic OH excluding ortho intramolecular Hbond substituents is 1. The molecule has 3 aromatic rings. The summed E-state index contributed by atoms with van der Waals surface area (Å²) in [6.45, 7) is 2.52. The van der Waals surface area contributed by atoms with Crippen LogP contribution < -0.4 is 4.74 Å². The lowest BCUT2D eigenvalue weighted by molar-refractivity contribution is 0.286. The lowest BCUT2D eigenvalue weighted by Gasteiger charge is -2.11. The van der Waals surface area contributed by atoms with Crippen LogP contribution in [0.1, 0.15) is 23.6 Å². The molecule has 25 heavy (non-hydrogen) atoms. The van der Waals surface area contributed by atoms with Gasteiger partial charge in [0.15, 0.2) is 11.5 Å². The van der Waals surface area contributed by atoms with E-state index in [0.29, 0.717) is 12.4 Å². The number of hydrogen-bond acceptors (Lipinski definition) is 2. The fourth-order valence-electron chi connectivity index (χ4n) is 2.31. The molecule has 1 N–H and O–H groups in total. The van der Waals surface area contributed by atoms with Gasteiger partial charge in [0.25, 0.3) is 0 Å². The molecule has 0 saturated heterocycles. The lowest BCUT2D eigenvalue weighted by Crippen LogP contribution is -1.98. The van der Waals surface area contributed by atoms with E-state index in [1.54, 1.807) is 6.07 Å². The standard InChI is InChI=1S/C15H16O2.C7H7Br/c1-2-13-9-6-10-14(16)15(13)17-11-12-7-4-3-5-8-12;8-6-7-4-2-1-3-5-7/h3-10,16H,2,11H2,1H3;1-5H,6H2. The maximum absolute atomic E-state index is 9.78. The maximum Gasteiger partial charge on any atom is 0.164 e. The quantitative estimate of drug-likeness (QED) is 0.524. The van der Waals surface area contributed by atoms with E-state index in [1.807, 2.05) is 67.6 Å². The molecular formula is C22H23BrO2. The van der Waals surface area contributed by atoms with Gasteiger partial charge in [0.05, 0.1) is 0 Å². The molecule has 0 saturated carbocycles. The van der Waals surface area contributed by atoms with Gasteiger partial charge in [-0.2, -0.15) is 0 Å². The summed E-state index contributed by atoms with van der Waals surface area (Å²) in [7, 11) is 0. The zero-order valence-electron chi connectivity index (χ0n) is 14.4. The number of phenols is 1. The molecule has 3 heteroatoms. The number of aromatic hydroxyl groups is 1. The first-order chi connectivity index (χ1) is 12.2. The molecule has 0 fully saturated rings. The van der Waals surface area contributed by atoms with Crippen LogP contribution in [-0.4, -0.2) is 5.11 Å². The molecule has 2 nitrogen and oxygen atoms in total. The summed E-state index contributed by atoms with van der Waals surface area (Å²) in [6, 6.07) is 25.7. The van der Waals surface area contributed by atoms with Gasteiger partial charge < -0.3 is 9.84 Å². The SMILES string of the molecule is BrCc1ccccc1.CCc1cccc(O)c1OCc1ccccc1. The molecule has 3 rings (SSSR count). The summed E-state index contributed by atoms with van der Waals surface area (Å²) < 4.78 is 5.69. The van der Waals surface area contributed by atoms with Crippen LogP contribution >= 0.6 is 15.9 Å². The van der Waals surface area contributed by atoms with E-state index in [-0.39, 0.29) is 5.75 Å². The second-order valence-corrected chi connectivity index (χ2v) is 6.07. The van der Waals surface area contributed by atoms with Gasteiger partial charge in [-0.1, -0.05) is 95.7 Å². The zero-order chi connectivity index (χ0) is 17.9. The van der Waals surface area contributed by atoms with Gasteiger partial charge in [0.2, 0.25) is 0 Å². The fraction of sp³-hybridized carbons (Fsp3) is 0.182. The van der Waals surface area contributed by atoms with E-state index in [1.165, 1.54) is 5.56 Å². The van der Waals surface area contributed by atoms with Gasteiger partial charge >= 0.3 is 0 Å². The van der Waals surface area contributed by atoms with E-state index >= 15 is 0 Å². The van der Waals surface area contributed by atoms with Gasteiger partial charge in [0.1, 0.15) is 6.61 Å². The first-order valence-corrected chi connectivity index (χ1v) is 9.44. The van der Waals surface area contributed by atoms with Gasteiger partial charge in [-0.05, 0) is 29.2 Å². The Labute approximate surface area is 158 Å². The molecule has 0 aliphatic carbocycles. The minimum atomic E-state index is 0.209. The molecule has 0 bridgehead atoms. The van der Waals surface area contributed by atoms with E-state index in [9.17, 15) is 5.11 Å². The smallest absolute Gasteiger partial charge is 0.164 e. The number of hydrogen-bond donors (Lipinski definition) is 1. The number of halogens is 1. The van der Waals surface area contributed by atoms with Gasteiger partial charge in [-0.25, -0.2) is 0 Å². The highest BCUT2D eigenvalue weighted by Crippen LogP contribution is 2.30. The van der Waals surface area contributed by atoms with E-state index in [2.05, 4.69) is 28.1 Å². The number of aryl methyl sites for hydroxylation is 1. The van der Waals surface area contributed by atoms with E-state index in [0.717, 1.165) is 22.9 Å². The third-order valence-corrected chi connectivity index (χ3v) is 4.33. The molecule has 0 aliphatic rings. The molecule has 0 atom stereocenters. The normalized spacial score (nSPS) is 9.84. The molecule has 0 heterocycles. The Balaban J connectivity index is 0.000000236. The highest BCUT2D eigenvalue weighted by molar-refractivity contribution is 9.08. The van der Waals surface area contributed by atoms with Crippen molar-refractivity contribution in [1.82, 2.24) is 0 Å². The summed E-state index contributed by atoms with van der Waals surface area (Å²) >= 11 is 3.36. The Kier molecular flexibility index (Phi) is 8.06. The van der Waals surface area contributed by atoms with Crippen molar-refractivity contribution in [2.75, 3.05) is 0 Å². The minimum Gasteiger partial charge on any atom is -0.504 e. The first-order valence-electron chi connectivity index (χ1n) is 8.32. The average molecular weight is 399 g/mol. The topological polar surface area (TPSA) is 29.5 Å². The van der Waals surface area contributed by atoms with Crippen molar-refractivity contribution in [1.29, 1.82) is 0 Å². The molecule has 0 unspecified atom stereocenters. The number of rotatable bonds is 5. The van der Waals surface area contributed by atoms with Crippen molar-refractivity contribution < 1.29 is 9.84 Å². The zero-order valence-corrected chi connectivity index (χ0v) is 15.9. The summed E-state index contributed by atoms with van der Waals surface area (Å²) in [4.78, 5) is 0. The Hall–Kier alpha value is -2.26. The number of para-hydroxylation sites is 1. The number of alkyl halides is 1. The first kappa shape index (κ1) is 19.1. The van der Waals surface area contributed by atoms with Crippen LogP contribution in [0, 0.1) is 0 Å². The van der Waals surface area contributed by atoms with Gasteiger partial charge in [-0.3, -0.25) is 0 Å². The summed E-state index contributed by atoms with van der Waals surface area (Å²) in [5.41, 5.74) is 3.45. The molecule has 3 aromatic carbocycles. The van der Waals surface area contributed by atoms with Crippen LogP contribution in [0.4, 0.5) is 0 Å². The largest absolute Gasteiger partial charge is 0.504 e. The predicted octanol–water partition coefficient (Wildman–Crippen LogP) is 6.12. The summed E-state index contributed by atoms with van der Waals surface area (Å²) in [5, 5.41) is 10.7. The molecule has 0 aromatic heterocycles. The Morgan fingerprint density at radius 3 is 1.92 bits per heavy atom. The van der Waals surface area contributed by atoms with Crippen LogP contribution in [0.2, 0.25) is 0 Å². The molecule has 0 spiro atoms. The molecular weight excluding hydrogens is 376 g/mol. The van der Waals surface area contributed by atoms with Crippen LogP contribution in [0.25, 0.3) is 0 Å². The minimum absolute atomic E-state index is 0.209. The van der Waals surface area contributed by atoms with E-state index < -0.39 is 0 Å². The van der Waals surface area contributed by atoms with Crippen LogP contribution in [0.5, 0.6) is 11.5 Å². The maximum atomic E-state index is 9.78. The monoisotopic (exact) mass is 398 g/mol. The van der Waals surface area contributed by atoms with Crippen molar-refractivity contribution in [3.8, 4) is 11.5 Å². The van der Waals surface area contributed by atoms with E-state index in [4.69, 9.17) is 4.74 Å². The third kappa shape index (κ3) is 6.28. The second-order valence-electron chi connectivity index (χ2n) is 5.51. The third-order valence-electron chi connectivity index (χ3n) is 3.68. The molecule has 0 aliphatic heterocycles. The number of ether oxygens (including phenoxy) is 1. The molecule has 0 amide bonds. The second kappa shape index (κ2) is 10.6. The van der Waals surface area contributed by atoms with Crippen molar-refractivity contribution in [3.63, 3.8) is 0 Å². The predicted molar refractivity (Wildman–Crippen MR) is 107 cm³/mol. The summed E-state index contributed by atoms with van der Waals surface area (Å²) in [5.74, 6) is 0.805. The van der Waals surface area contributed by atoms with Crippen LogP contribution in [0.3, 0.4) is 0 Å². The fourth-order valence-corrected chi connectivity index (χ4v) is 2.69. The Morgan fingerprint density at radius 1 is 0.800 bits per heavy atom. The van der Waals surface area contributed by atoms with Crippen molar-refractivity contribution in [2.24, 2.45) is 0 Å².